The molecule has 0 bridgehead atoms. The van der Waals surface area contributed by atoms with Crippen LogP contribution in [0.4, 0.5) is 0 Å². The van der Waals surface area contributed by atoms with Crippen LogP contribution in [0.2, 0.25) is 0 Å². The average molecular weight is 237 g/mol. The zero-order valence-electron chi connectivity index (χ0n) is 9.88. The fourth-order valence-corrected chi connectivity index (χ4v) is 2.45. The molecule has 1 aliphatic rings. The molecule has 17 heavy (non-hydrogen) atoms. The first-order chi connectivity index (χ1) is 8.29. The van der Waals surface area contributed by atoms with E-state index in [0.29, 0.717) is 12.5 Å². The Kier molecular flexibility index (Phi) is 4.08. The number of amides is 1. The molecule has 1 aliphatic carbocycles. The number of rotatable bonds is 5. The van der Waals surface area contributed by atoms with Gasteiger partial charge in [0.1, 0.15) is 6.54 Å². The number of hydrogen-bond acceptors (Lipinski definition) is 4. The normalized spacial score (nSPS) is 18.2. The predicted octanol–water partition coefficient (Wildman–Crippen LogP) is -0.0882. The lowest BCUT2D eigenvalue weighted by atomic mass is 9.98. The molecule has 1 aromatic rings. The molecule has 1 fully saturated rings. The van der Waals surface area contributed by atoms with Crippen LogP contribution in [0.15, 0.2) is 12.4 Å². The molecule has 3 N–H and O–H groups in total. The molecular weight excluding hydrogens is 218 g/mol. The minimum Gasteiger partial charge on any atom is -0.350 e. The second-order valence-corrected chi connectivity index (χ2v) is 4.55. The number of carbonyl (C=O) groups excluding carboxylic acids is 1. The number of aromatic nitrogens is 3. The Labute approximate surface area is 101 Å². The van der Waals surface area contributed by atoms with Gasteiger partial charge in [-0.15, -0.1) is 5.10 Å². The van der Waals surface area contributed by atoms with E-state index in [9.17, 15) is 4.79 Å². The van der Waals surface area contributed by atoms with E-state index in [1.54, 1.807) is 12.4 Å². The Hall–Kier alpha value is -1.43. The highest BCUT2D eigenvalue weighted by Crippen LogP contribution is 2.27. The molecule has 1 saturated carbocycles. The summed E-state index contributed by atoms with van der Waals surface area (Å²) in [5.74, 6) is 0.498. The van der Waals surface area contributed by atoms with Crippen LogP contribution < -0.4 is 11.1 Å². The molecule has 0 spiro atoms. The zero-order valence-corrected chi connectivity index (χ0v) is 9.88. The van der Waals surface area contributed by atoms with Gasteiger partial charge in [0.25, 0.3) is 0 Å². The summed E-state index contributed by atoms with van der Waals surface area (Å²) < 4.78 is 1.51. The number of nitrogens with zero attached hydrogens (tertiary/aromatic N) is 3. The monoisotopic (exact) mass is 237 g/mol. The first-order valence-corrected chi connectivity index (χ1v) is 6.13. The van der Waals surface area contributed by atoms with E-state index < -0.39 is 0 Å². The van der Waals surface area contributed by atoms with Crippen molar-refractivity contribution in [1.29, 1.82) is 0 Å². The van der Waals surface area contributed by atoms with Crippen molar-refractivity contribution >= 4 is 5.91 Å². The van der Waals surface area contributed by atoms with Crippen molar-refractivity contribution in [3.05, 3.63) is 12.4 Å². The number of carbonyl (C=O) groups is 1. The highest BCUT2D eigenvalue weighted by Gasteiger charge is 2.25. The maximum Gasteiger partial charge on any atom is 0.242 e. The van der Waals surface area contributed by atoms with E-state index >= 15 is 0 Å². The maximum absolute atomic E-state index is 11.8. The summed E-state index contributed by atoms with van der Waals surface area (Å²) in [6.07, 6.45) is 8.08. The van der Waals surface area contributed by atoms with Crippen LogP contribution in [0.3, 0.4) is 0 Å². The predicted molar refractivity (Wildman–Crippen MR) is 63.0 cm³/mol. The summed E-state index contributed by atoms with van der Waals surface area (Å²) in [5.41, 5.74) is 5.72. The second-order valence-electron chi connectivity index (χ2n) is 4.55. The fourth-order valence-electron chi connectivity index (χ4n) is 2.45. The smallest absolute Gasteiger partial charge is 0.242 e. The van der Waals surface area contributed by atoms with Crippen molar-refractivity contribution in [3.63, 3.8) is 0 Å². The van der Waals surface area contributed by atoms with Crippen LogP contribution in [0.1, 0.15) is 25.7 Å². The van der Waals surface area contributed by atoms with E-state index in [4.69, 9.17) is 5.73 Å². The Morgan fingerprint density at radius 2 is 2.29 bits per heavy atom. The van der Waals surface area contributed by atoms with E-state index in [0.717, 1.165) is 0 Å². The van der Waals surface area contributed by atoms with E-state index in [-0.39, 0.29) is 18.5 Å². The quantitative estimate of drug-likeness (QED) is 0.749. The second kappa shape index (κ2) is 5.77. The van der Waals surface area contributed by atoms with Crippen LogP contribution >= 0.6 is 0 Å². The van der Waals surface area contributed by atoms with Gasteiger partial charge in [-0.2, -0.15) is 0 Å². The van der Waals surface area contributed by atoms with Gasteiger partial charge in [-0.05, 0) is 18.8 Å². The van der Waals surface area contributed by atoms with Crippen molar-refractivity contribution in [2.75, 3.05) is 6.54 Å². The third-order valence-electron chi connectivity index (χ3n) is 3.35. The van der Waals surface area contributed by atoms with Gasteiger partial charge in [0.2, 0.25) is 5.91 Å². The molecule has 1 unspecified atom stereocenters. The lowest BCUT2D eigenvalue weighted by molar-refractivity contribution is -0.122. The topological polar surface area (TPSA) is 85.8 Å². The summed E-state index contributed by atoms with van der Waals surface area (Å²) >= 11 is 0. The molecule has 94 valence electrons. The summed E-state index contributed by atoms with van der Waals surface area (Å²) in [6.45, 7) is 0.719. The van der Waals surface area contributed by atoms with Gasteiger partial charge < -0.3 is 11.1 Å². The van der Waals surface area contributed by atoms with Crippen LogP contribution in [0.25, 0.3) is 0 Å². The first kappa shape index (κ1) is 12.0. The van der Waals surface area contributed by atoms with Gasteiger partial charge in [-0.3, -0.25) is 4.79 Å². The number of nitrogens with two attached hydrogens (primary N) is 1. The Morgan fingerprint density at radius 3 is 2.88 bits per heavy atom. The largest absolute Gasteiger partial charge is 0.350 e. The molecule has 1 aromatic heterocycles. The van der Waals surface area contributed by atoms with Gasteiger partial charge in [0.05, 0.1) is 6.20 Å². The molecule has 0 aromatic carbocycles. The lowest BCUT2D eigenvalue weighted by Crippen LogP contribution is -2.45. The van der Waals surface area contributed by atoms with Crippen molar-refractivity contribution < 1.29 is 4.79 Å². The first-order valence-electron chi connectivity index (χ1n) is 6.13. The van der Waals surface area contributed by atoms with Gasteiger partial charge in [0, 0.05) is 18.8 Å². The minimum atomic E-state index is -0.0437. The van der Waals surface area contributed by atoms with Crippen molar-refractivity contribution in [3.8, 4) is 0 Å². The Balaban J connectivity index is 1.83. The van der Waals surface area contributed by atoms with Crippen molar-refractivity contribution in [1.82, 2.24) is 20.3 Å². The molecule has 0 aliphatic heterocycles. The molecule has 0 saturated heterocycles. The number of nitrogens with one attached hydrogen (secondary N) is 1. The Bertz CT molecular complexity index is 345. The van der Waals surface area contributed by atoms with Crippen LogP contribution in [0, 0.1) is 5.92 Å². The third-order valence-corrected chi connectivity index (χ3v) is 3.35. The lowest BCUT2D eigenvalue weighted by Gasteiger charge is -2.23. The van der Waals surface area contributed by atoms with Crippen LogP contribution in [0.5, 0.6) is 0 Å². The van der Waals surface area contributed by atoms with Crippen molar-refractivity contribution in [2.45, 2.75) is 38.3 Å². The Morgan fingerprint density at radius 1 is 1.53 bits per heavy atom. The van der Waals surface area contributed by atoms with Gasteiger partial charge >= 0.3 is 0 Å². The SMILES string of the molecule is NCC(NC(=O)Cn1ccnn1)C1CCCC1. The zero-order chi connectivity index (χ0) is 12.1. The van der Waals surface area contributed by atoms with E-state index in [1.807, 2.05) is 0 Å². The highest BCUT2D eigenvalue weighted by atomic mass is 16.2. The van der Waals surface area contributed by atoms with E-state index in [2.05, 4.69) is 15.6 Å². The standard InChI is InChI=1S/C11H19N5O/c12-7-10(9-3-1-2-4-9)14-11(17)8-16-6-5-13-15-16/h5-6,9-10H,1-4,7-8,12H2,(H,14,17). The van der Waals surface area contributed by atoms with Gasteiger partial charge in [-0.1, -0.05) is 18.1 Å². The van der Waals surface area contributed by atoms with Gasteiger partial charge in [0.15, 0.2) is 0 Å². The molecule has 6 nitrogen and oxygen atoms in total. The molecule has 1 atom stereocenters. The molecular formula is C11H19N5O. The maximum atomic E-state index is 11.8. The van der Waals surface area contributed by atoms with Crippen LogP contribution in [-0.4, -0.2) is 33.5 Å². The third kappa shape index (κ3) is 3.26. The fraction of sp³-hybridized carbons (Fsp3) is 0.727. The highest BCUT2D eigenvalue weighted by molar-refractivity contribution is 5.76. The molecule has 1 heterocycles. The average Bonchev–Trinajstić information content (AvgIpc) is 2.97. The summed E-state index contributed by atoms with van der Waals surface area (Å²) in [6, 6.07) is 0.105. The summed E-state index contributed by atoms with van der Waals surface area (Å²) in [7, 11) is 0. The molecule has 1 amide bonds. The summed E-state index contributed by atoms with van der Waals surface area (Å²) in [4.78, 5) is 11.8. The van der Waals surface area contributed by atoms with Crippen LogP contribution in [-0.2, 0) is 11.3 Å². The molecule has 0 radical (unpaired) electrons. The summed E-state index contributed by atoms with van der Waals surface area (Å²) in [5, 5.41) is 10.4. The molecule has 6 heteroatoms. The molecule has 2 rings (SSSR count). The van der Waals surface area contributed by atoms with Crippen molar-refractivity contribution in [2.24, 2.45) is 11.7 Å². The minimum absolute atomic E-state index is 0.0437. The van der Waals surface area contributed by atoms with E-state index in [1.165, 1.54) is 30.4 Å². The number of hydrogen-bond donors (Lipinski definition) is 2. The van der Waals surface area contributed by atoms with Gasteiger partial charge in [-0.25, -0.2) is 4.68 Å².